The molecule has 1 heterocycles. The SMILES string of the molecule is O=C(O)CN1CCCN(C(=O)CC2CCC2)CC1. The molecule has 0 aromatic rings. The molecule has 1 amide bonds. The van der Waals surface area contributed by atoms with Crippen molar-refractivity contribution < 1.29 is 14.7 Å². The average molecular weight is 254 g/mol. The quantitative estimate of drug-likeness (QED) is 0.806. The number of carbonyl (C=O) groups is 2. The summed E-state index contributed by atoms with van der Waals surface area (Å²) in [5.41, 5.74) is 0. The molecule has 1 N–H and O–H groups in total. The molecule has 2 aliphatic rings. The summed E-state index contributed by atoms with van der Waals surface area (Å²) in [5, 5.41) is 8.77. The minimum Gasteiger partial charge on any atom is -0.480 e. The molecule has 1 aliphatic heterocycles. The highest BCUT2D eigenvalue weighted by Gasteiger charge is 2.25. The lowest BCUT2D eigenvalue weighted by atomic mass is 9.82. The standard InChI is InChI=1S/C13H22N2O3/c16-12(9-11-3-1-4-11)15-6-2-5-14(7-8-15)10-13(17)18/h11H,1-10H2,(H,17,18). The van der Waals surface area contributed by atoms with Crippen LogP contribution in [0, 0.1) is 5.92 Å². The molecule has 0 atom stereocenters. The van der Waals surface area contributed by atoms with Gasteiger partial charge in [-0.15, -0.1) is 0 Å². The first-order valence-electron chi connectivity index (χ1n) is 6.87. The van der Waals surface area contributed by atoms with Gasteiger partial charge in [-0.25, -0.2) is 0 Å². The lowest BCUT2D eigenvalue weighted by Crippen LogP contribution is -2.37. The largest absolute Gasteiger partial charge is 0.480 e. The van der Waals surface area contributed by atoms with Crippen LogP contribution in [0.15, 0.2) is 0 Å². The maximum atomic E-state index is 12.1. The molecule has 2 rings (SSSR count). The van der Waals surface area contributed by atoms with Crippen molar-refractivity contribution in [2.45, 2.75) is 32.1 Å². The van der Waals surface area contributed by atoms with Crippen LogP contribution in [0.3, 0.4) is 0 Å². The number of aliphatic carboxylic acids is 1. The van der Waals surface area contributed by atoms with Crippen molar-refractivity contribution in [2.24, 2.45) is 5.92 Å². The minimum atomic E-state index is -0.788. The van der Waals surface area contributed by atoms with Crippen molar-refractivity contribution >= 4 is 11.9 Å². The van der Waals surface area contributed by atoms with E-state index < -0.39 is 5.97 Å². The van der Waals surface area contributed by atoms with Crippen LogP contribution >= 0.6 is 0 Å². The van der Waals surface area contributed by atoms with Gasteiger partial charge in [0.25, 0.3) is 0 Å². The number of nitrogens with zero attached hydrogens (tertiary/aromatic N) is 2. The molecule has 0 aromatic carbocycles. The van der Waals surface area contributed by atoms with E-state index in [9.17, 15) is 9.59 Å². The van der Waals surface area contributed by atoms with Crippen molar-refractivity contribution in [3.8, 4) is 0 Å². The van der Waals surface area contributed by atoms with E-state index in [1.807, 2.05) is 9.80 Å². The molecule has 0 radical (unpaired) electrons. The Balaban J connectivity index is 1.76. The number of hydrogen-bond acceptors (Lipinski definition) is 3. The molecule has 0 unspecified atom stereocenters. The third kappa shape index (κ3) is 3.70. The predicted molar refractivity (Wildman–Crippen MR) is 67.2 cm³/mol. The summed E-state index contributed by atoms with van der Waals surface area (Å²) >= 11 is 0. The fourth-order valence-corrected chi connectivity index (χ4v) is 2.64. The van der Waals surface area contributed by atoms with Crippen molar-refractivity contribution in [3.63, 3.8) is 0 Å². The molecule has 1 aliphatic carbocycles. The van der Waals surface area contributed by atoms with Gasteiger partial charge in [0.2, 0.25) is 5.91 Å². The lowest BCUT2D eigenvalue weighted by molar-refractivity contribution is -0.138. The van der Waals surface area contributed by atoms with Crippen LogP contribution in [-0.2, 0) is 9.59 Å². The van der Waals surface area contributed by atoms with Gasteiger partial charge in [-0.1, -0.05) is 6.42 Å². The number of carbonyl (C=O) groups excluding carboxylic acids is 1. The van der Waals surface area contributed by atoms with E-state index in [2.05, 4.69) is 0 Å². The molecular weight excluding hydrogens is 232 g/mol. The Morgan fingerprint density at radius 2 is 1.83 bits per heavy atom. The van der Waals surface area contributed by atoms with E-state index >= 15 is 0 Å². The highest BCUT2D eigenvalue weighted by molar-refractivity contribution is 5.76. The number of amides is 1. The minimum absolute atomic E-state index is 0.0880. The second-order valence-electron chi connectivity index (χ2n) is 5.41. The number of hydrogen-bond donors (Lipinski definition) is 1. The molecule has 0 aromatic heterocycles. The Morgan fingerprint density at radius 3 is 2.44 bits per heavy atom. The topological polar surface area (TPSA) is 60.9 Å². The molecule has 102 valence electrons. The average Bonchev–Trinajstić information content (AvgIpc) is 2.48. The second kappa shape index (κ2) is 6.18. The second-order valence-corrected chi connectivity index (χ2v) is 5.41. The summed E-state index contributed by atoms with van der Waals surface area (Å²) in [6.07, 6.45) is 5.24. The third-order valence-electron chi connectivity index (χ3n) is 3.99. The predicted octanol–water partition coefficient (Wildman–Crippen LogP) is 0.795. The van der Waals surface area contributed by atoms with Gasteiger partial charge >= 0.3 is 5.97 Å². The molecular formula is C13H22N2O3. The zero-order valence-corrected chi connectivity index (χ0v) is 10.8. The van der Waals surface area contributed by atoms with Gasteiger partial charge in [0.05, 0.1) is 6.54 Å². The van der Waals surface area contributed by atoms with Gasteiger partial charge in [0.15, 0.2) is 0 Å². The van der Waals surface area contributed by atoms with E-state index in [0.29, 0.717) is 25.4 Å². The summed E-state index contributed by atoms with van der Waals surface area (Å²) in [6, 6.07) is 0. The third-order valence-corrected chi connectivity index (χ3v) is 3.99. The Kier molecular flexibility index (Phi) is 4.58. The van der Waals surface area contributed by atoms with E-state index in [4.69, 9.17) is 5.11 Å². The maximum absolute atomic E-state index is 12.1. The Labute approximate surface area is 108 Å². The number of rotatable bonds is 4. The van der Waals surface area contributed by atoms with Gasteiger partial charge in [0, 0.05) is 32.6 Å². The zero-order chi connectivity index (χ0) is 13.0. The Bertz CT molecular complexity index is 315. The van der Waals surface area contributed by atoms with E-state index in [-0.39, 0.29) is 12.5 Å². The van der Waals surface area contributed by atoms with Gasteiger partial charge in [-0.2, -0.15) is 0 Å². The molecule has 5 heteroatoms. The van der Waals surface area contributed by atoms with Crippen molar-refractivity contribution in [1.29, 1.82) is 0 Å². The summed E-state index contributed by atoms with van der Waals surface area (Å²) in [7, 11) is 0. The summed E-state index contributed by atoms with van der Waals surface area (Å²) in [4.78, 5) is 26.6. The van der Waals surface area contributed by atoms with E-state index in [1.165, 1.54) is 19.3 Å². The highest BCUT2D eigenvalue weighted by Crippen LogP contribution is 2.29. The summed E-state index contributed by atoms with van der Waals surface area (Å²) in [6.45, 7) is 3.01. The van der Waals surface area contributed by atoms with Crippen molar-refractivity contribution in [1.82, 2.24) is 9.80 Å². The molecule has 1 saturated carbocycles. The maximum Gasteiger partial charge on any atom is 0.317 e. The normalized spacial score (nSPS) is 22.3. The van der Waals surface area contributed by atoms with Crippen LogP contribution < -0.4 is 0 Å². The van der Waals surface area contributed by atoms with E-state index in [1.54, 1.807) is 0 Å². The van der Waals surface area contributed by atoms with Crippen LogP contribution in [0.1, 0.15) is 32.1 Å². The first-order valence-corrected chi connectivity index (χ1v) is 6.87. The molecule has 1 saturated heterocycles. The first kappa shape index (κ1) is 13.3. The fraction of sp³-hybridized carbons (Fsp3) is 0.846. The number of carboxylic acid groups (broad SMARTS) is 1. The van der Waals surface area contributed by atoms with Crippen LogP contribution in [0.4, 0.5) is 0 Å². The highest BCUT2D eigenvalue weighted by atomic mass is 16.4. The Hall–Kier alpha value is -1.10. The van der Waals surface area contributed by atoms with Crippen molar-refractivity contribution in [2.75, 3.05) is 32.7 Å². The van der Waals surface area contributed by atoms with Crippen LogP contribution in [0.2, 0.25) is 0 Å². The zero-order valence-electron chi connectivity index (χ0n) is 10.8. The lowest BCUT2D eigenvalue weighted by Gasteiger charge is -2.28. The molecule has 2 fully saturated rings. The van der Waals surface area contributed by atoms with Gasteiger partial charge in [-0.05, 0) is 25.2 Å². The summed E-state index contributed by atoms with van der Waals surface area (Å²) < 4.78 is 0. The van der Waals surface area contributed by atoms with E-state index in [0.717, 1.165) is 19.5 Å². The monoisotopic (exact) mass is 254 g/mol. The van der Waals surface area contributed by atoms with Crippen LogP contribution in [-0.4, -0.2) is 59.5 Å². The van der Waals surface area contributed by atoms with Gasteiger partial charge in [-0.3, -0.25) is 14.5 Å². The van der Waals surface area contributed by atoms with Gasteiger partial charge < -0.3 is 10.0 Å². The summed E-state index contributed by atoms with van der Waals surface area (Å²) in [5.74, 6) is 0.0806. The molecule has 18 heavy (non-hydrogen) atoms. The smallest absolute Gasteiger partial charge is 0.317 e. The first-order chi connectivity index (χ1) is 8.65. The van der Waals surface area contributed by atoms with Gasteiger partial charge in [0.1, 0.15) is 0 Å². The fourth-order valence-electron chi connectivity index (χ4n) is 2.64. The molecule has 0 bridgehead atoms. The molecule has 5 nitrogen and oxygen atoms in total. The molecule has 0 spiro atoms. The van der Waals surface area contributed by atoms with Crippen LogP contribution in [0.5, 0.6) is 0 Å². The van der Waals surface area contributed by atoms with Crippen molar-refractivity contribution in [3.05, 3.63) is 0 Å². The number of carboxylic acids is 1. The van der Waals surface area contributed by atoms with Crippen LogP contribution in [0.25, 0.3) is 0 Å². The Morgan fingerprint density at radius 1 is 1.06 bits per heavy atom.